The van der Waals surface area contributed by atoms with E-state index in [1.807, 2.05) is 6.07 Å². The fourth-order valence-corrected chi connectivity index (χ4v) is 3.51. The molecule has 0 spiro atoms. The van der Waals surface area contributed by atoms with E-state index in [1.54, 1.807) is 12.1 Å². The third-order valence-corrected chi connectivity index (χ3v) is 4.63. The molecule has 0 amide bonds. The molecule has 0 radical (unpaired) electrons. The highest BCUT2D eigenvalue weighted by atomic mass is 19.1. The van der Waals surface area contributed by atoms with Gasteiger partial charge in [0.1, 0.15) is 5.82 Å². The van der Waals surface area contributed by atoms with Crippen LogP contribution in [-0.4, -0.2) is 13.1 Å². The molecule has 1 fully saturated rings. The van der Waals surface area contributed by atoms with Gasteiger partial charge in [0.25, 0.3) is 0 Å². The van der Waals surface area contributed by atoms with Crippen molar-refractivity contribution in [3.8, 4) is 0 Å². The largest absolute Gasteiger partial charge is 0.316 e. The van der Waals surface area contributed by atoms with Crippen molar-refractivity contribution in [1.29, 1.82) is 0 Å². The first-order valence-electron chi connectivity index (χ1n) is 8.19. The van der Waals surface area contributed by atoms with Crippen LogP contribution in [0.25, 0.3) is 0 Å². The summed E-state index contributed by atoms with van der Waals surface area (Å²) in [7, 11) is 0. The summed E-state index contributed by atoms with van der Waals surface area (Å²) in [6.07, 6.45) is 7.60. The van der Waals surface area contributed by atoms with Gasteiger partial charge >= 0.3 is 0 Å². The lowest BCUT2D eigenvalue weighted by Crippen LogP contribution is -2.27. The lowest BCUT2D eigenvalue weighted by Gasteiger charge is -2.27. The summed E-state index contributed by atoms with van der Waals surface area (Å²) in [5.41, 5.74) is 2.49. The summed E-state index contributed by atoms with van der Waals surface area (Å²) in [4.78, 5) is 0. The molecule has 20 heavy (non-hydrogen) atoms. The highest BCUT2D eigenvalue weighted by Crippen LogP contribution is 2.37. The van der Waals surface area contributed by atoms with Gasteiger partial charge in [0.15, 0.2) is 0 Å². The number of benzene rings is 1. The number of halogens is 1. The van der Waals surface area contributed by atoms with Crippen LogP contribution >= 0.6 is 0 Å². The third kappa shape index (κ3) is 4.05. The van der Waals surface area contributed by atoms with Crippen molar-refractivity contribution >= 4 is 0 Å². The summed E-state index contributed by atoms with van der Waals surface area (Å²) in [6.45, 7) is 6.49. The second-order valence-corrected chi connectivity index (χ2v) is 6.21. The van der Waals surface area contributed by atoms with E-state index in [9.17, 15) is 4.39 Å². The van der Waals surface area contributed by atoms with Crippen molar-refractivity contribution in [2.75, 3.05) is 13.1 Å². The smallest absolute Gasteiger partial charge is 0.123 e. The van der Waals surface area contributed by atoms with E-state index in [-0.39, 0.29) is 5.82 Å². The van der Waals surface area contributed by atoms with Crippen LogP contribution in [0.4, 0.5) is 4.39 Å². The molecule has 2 unspecified atom stereocenters. The molecule has 2 heteroatoms. The maximum atomic E-state index is 13.6. The number of hydrogen-bond acceptors (Lipinski definition) is 1. The average Bonchev–Trinajstić information content (AvgIpc) is 2.67. The second kappa shape index (κ2) is 7.78. The Morgan fingerprint density at radius 1 is 1.20 bits per heavy atom. The molecule has 1 nitrogen and oxygen atoms in total. The van der Waals surface area contributed by atoms with Crippen molar-refractivity contribution in [1.82, 2.24) is 5.32 Å². The van der Waals surface area contributed by atoms with E-state index in [0.29, 0.717) is 11.8 Å². The fourth-order valence-electron chi connectivity index (χ4n) is 3.51. The highest BCUT2D eigenvalue weighted by Gasteiger charge is 2.26. The predicted octanol–water partition coefficient (Wildman–Crippen LogP) is 4.80. The molecule has 0 heterocycles. The topological polar surface area (TPSA) is 12.0 Å². The average molecular weight is 277 g/mol. The van der Waals surface area contributed by atoms with E-state index in [1.165, 1.54) is 49.7 Å². The summed E-state index contributed by atoms with van der Waals surface area (Å²) < 4.78 is 13.6. The van der Waals surface area contributed by atoms with E-state index in [2.05, 4.69) is 19.2 Å². The van der Waals surface area contributed by atoms with Crippen molar-refractivity contribution in [2.45, 2.75) is 58.3 Å². The fraction of sp³-hybridized carbons (Fsp3) is 0.667. The van der Waals surface area contributed by atoms with Gasteiger partial charge in [-0.1, -0.05) is 32.3 Å². The SMILES string of the molecule is CCCNCC1CCCCCC1c1cc(F)ccc1C. The molecule has 0 aliphatic heterocycles. The molecule has 0 bridgehead atoms. The molecule has 0 aromatic heterocycles. The van der Waals surface area contributed by atoms with E-state index < -0.39 is 0 Å². The minimum atomic E-state index is -0.0879. The molecule has 112 valence electrons. The second-order valence-electron chi connectivity index (χ2n) is 6.21. The number of nitrogens with one attached hydrogen (secondary N) is 1. The lowest BCUT2D eigenvalue weighted by atomic mass is 9.80. The van der Waals surface area contributed by atoms with Crippen LogP contribution in [0.3, 0.4) is 0 Å². The quantitative estimate of drug-likeness (QED) is 0.602. The van der Waals surface area contributed by atoms with Gasteiger partial charge in [-0.2, -0.15) is 0 Å². The summed E-state index contributed by atoms with van der Waals surface area (Å²) in [6, 6.07) is 5.30. The van der Waals surface area contributed by atoms with Crippen LogP contribution in [0.2, 0.25) is 0 Å². The molecular formula is C18H28FN. The molecule has 1 aromatic carbocycles. The van der Waals surface area contributed by atoms with Gasteiger partial charge in [-0.15, -0.1) is 0 Å². The van der Waals surface area contributed by atoms with Gasteiger partial charge in [0, 0.05) is 0 Å². The van der Waals surface area contributed by atoms with E-state index in [0.717, 1.165) is 13.1 Å². The highest BCUT2D eigenvalue weighted by molar-refractivity contribution is 5.30. The monoisotopic (exact) mass is 277 g/mol. The Balaban J connectivity index is 2.16. The Morgan fingerprint density at radius 3 is 2.80 bits per heavy atom. The molecule has 1 aliphatic carbocycles. The zero-order valence-corrected chi connectivity index (χ0v) is 12.9. The minimum absolute atomic E-state index is 0.0879. The molecule has 1 N–H and O–H groups in total. The van der Waals surface area contributed by atoms with E-state index in [4.69, 9.17) is 0 Å². The first-order chi connectivity index (χ1) is 9.72. The number of hydrogen-bond donors (Lipinski definition) is 1. The summed E-state index contributed by atoms with van der Waals surface area (Å²) in [5, 5.41) is 3.57. The zero-order valence-electron chi connectivity index (χ0n) is 12.9. The molecule has 1 aliphatic rings. The molecule has 2 atom stereocenters. The molecule has 2 rings (SSSR count). The zero-order chi connectivity index (χ0) is 14.4. The van der Waals surface area contributed by atoms with Gasteiger partial charge in [-0.25, -0.2) is 4.39 Å². The standard InChI is InChI=1S/C18H28FN/c1-3-11-20-13-15-7-5-4-6-8-17(15)18-12-16(19)10-9-14(18)2/h9-10,12,15,17,20H,3-8,11,13H2,1-2H3. The van der Waals surface area contributed by atoms with Crippen LogP contribution in [-0.2, 0) is 0 Å². The Morgan fingerprint density at radius 2 is 2.00 bits per heavy atom. The lowest BCUT2D eigenvalue weighted by molar-refractivity contribution is 0.374. The van der Waals surface area contributed by atoms with Gasteiger partial charge in [-0.3, -0.25) is 0 Å². The first kappa shape index (κ1) is 15.5. The maximum absolute atomic E-state index is 13.6. The van der Waals surface area contributed by atoms with E-state index >= 15 is 0 Å². The van der Waals surface area contributed by atoms with Crippen molar-refractivity contribution in [3.63, 3.8) is 0 Å². The normalized spacial score (nSPS) is 23.6. The predicted molar refractivity (Wildman–Crippen MR) is 83.6 cm³/mol. The van der Waals surface area contributed by atoms with Crippen LogP contribution < -0.4 is 5.32 Å². The van der Waals surface area contributed by atoms with Crippen molar-refractivity contribution in [3.05, 3.63) is 35.1 Å². The van der Waals surface area contributed by atoms with Gasteiger partial charge in [0.2, 0.25) is 0 Å². The summed E-state index contributed by atoms with van der Waals surface area (Å²) in [5.74, 6) is 1.09. The molecular weight excluding hydrogens is 249 g/mol. The third-order valence-electron chi connectivity index (χ3n) is 4.63. The summed E-state index contributed by atoms with van der Waals surface area (Å²) >= 11 is 0. The molecule has 1 saturated carbocycles. The van der Waals surface area contributed by atoms with Crippen molar-refractivity contribution in [2.24, 2.45) is 5.92 Å². The first-order valence-corrected chi connectivity index (χ1v) is 8.19. The molecule has 1 aromatic rings. The van der Waals surface area contributed by atoms with Crippen LogP contribution in [0.5, 0.6) is 0 Å². The van der Waals surface area contributed by atoms with Crippen LogP contribution in [0.15, 0.2) is 18.2 Å². The van der Waals surface area contributed by atoms with Gasteiger partial charge < -0.3 is 5.32 Å². The van der Waals surface area contributed by atoms with Crippen molar-refractivity contribution < 1.29 is 4.39 Å². The Labute approximate surface area is 123 Å². The Kier molecular flexibility index (Phi) is 6.03. The molecule has 0 saturated heterocycles. The van der Waals surface area contributed by atoms with Crippen LogP contribution in [0.1, 0.15) is 62.5 Å². The minimum Gasteiger partial charge on any atom is -0.316 e. The maximum Gasteiger partial charge on any atom is 0.123 e. The van der Waals surface area contributed by atoms with Crippen LogP contribution in [0, 0.1) is 18.7 Å². The Bertz CT molecular complexity index is 416. The number of aryl methyl sites for hydroxylation is 1. The van der Waals surface area contributed by atoms with Gasteiger partial charge in [0.05, 0.1) is 0 Å². The van der Waals surface area contributed by atoms with Gasteiger partial charge in [-0.05, 0) is 74.4 Å². The number of rotatable bonds is 5. The Hall–Kier alpha value is -0.890.